The zero-order valence-corrected chi connectivity index (χ0v) is 21.6. The van der Waals surface area contributed by atoms with Crippen LogP contribution in [0.4, 0.5) is 9.59 Å². The molecule has 2 amide bonds. The van der Waals surface area contributed by atoms with E-state index < -0.39 is 47.4 Å². The largest absolute Gasteiger partial charge is 0.480 e. The number of carbonyl (C=O) groups is 4. The first-order valence-electron chi connectivity index (χ1n) is 10.8. The van der Waals surface area contributed by atoms with Crippen molar-refractivity contribution in [3.8, 4) is 0 Å². The number of amides is 2. The van der Waals surface area contributed by atoms with Gasteiger partial charge in [0.2, 0.25) is 0 Å². The minimum atomic E-state index is -1.04. The highest BCUT2D eigenvalue weighted by atomic mass is 16.6. The molecule has 0 unspecified atom stereocenters. The molecule has 0 aromatic heterocycles. The van der Waals surface area contributed by atoms with Crippen molar-refractivity contribution in [2.75, 3.05) is 0 Å². The van der Waals surface area contributed by atoms with Crippen LogP contribution in [-0.4, -0.2) is 63.1 Å². The van der Waals surface area contributed by atoms with Crippen LogP contribution in [0.2, 0.25) is 0 Å². The van der Waals surface area contributed by atoms with E-state index in [-0.39, 0.29) is 17.3 Å². The average Bonchev–Trinajstić information content (AvgIpc) is 2.60. The summed E-state index contributed by atoms with van der Waals surface area (Å²) in [5.74, 6) is -2.35. The van der Waals surface area contributed by atoms with Gasteiger partial charge in [0.25, 0.3) is 0 Å². The Kier molecular flexibility index (Phi) is 16.3. The van der Waals surface area contributed by atoms with Crippen molar-refractivity contribution >= 4 is 24.1 Å². The van der Waals surface area contributed by atoms with E-state index in [2.05, 4.69) is 10.6 Å². The van der Waals surface area contributed by atoms with Gasteiger partial charge in [-0.3, -0.25) is 0 Å². The van der Waals surface area contributed by atoms with Crippen molar-refractivity contribution in [2.24, 2.45) is 11.8 Å². The molecule has 0 saturated heterocycles. The van der Waals surface area contributed by atoms with E-state index in [1.807, 2.05) is 13.8 Å². The molecule has 0 aliphatic rings. The van der Waals surface area contributed by atoms with Crippen LogP contribution in [-0.2, 0) is 19.1 Å². The highest BCUT2D eigenvalue weighted by Gasteiger charge is 2.28. The summed E-state index contributed by atoms with van der Waals surface area (Å²) in [6.45, 7) is 17.7. The summed E-state index contributed by atoms with van der Waals surface area (Å²) in [7, 11) is 0. The Morgan fingerprint density at radius 1 is 0.697 bits per heavy atom. The van der Waals surface area contributed by atoms with Gasteiger partial charge in [-0.05, 0) is 53.4 Å². The Bertz CT molecular complexity index is 570. The predicted octanol–water partition coefficient (Wildman–Crippen LogP) is 3.20. The summed E-state index contributed by atoms with van der Waals surface area (Å²) >= 11 is 0. The number of carbonyl (C=O) groups excluding carboxylic acids is 2. The van der Waals surface area contributed by atoms with Crippen molar-refractivity contribution < 1.29 is 44.3 Å². The second kappa shape index (κ2) is 15.3. The molecule has 0 radical (unpaired) electrons. The normalized spacial score (nSPS) is 14.6. The topological polar surface area (TPSA) is 183 Å². The molecule has 0 aliphatic carbocycles. The maximum Gasteiger partial charge on any atom is 0.408 e. The van der Waals surface area contributed by atoms with Crippen molar-refractivity contribution in [3.05, 3.63) is 0 Å². The third-order valence-electron chi connectivity index (χ3n) is 4.30. The van der Waals surface area contributed by atoms with E-state index in [1.165, 1.54) is 0 Å². The number of hydrogen-bond acceptors (Lipinski definition) is 6. The fraction of sp³-hybridized carbons (Fsp3) is 0.818. The molecular weight excluding hydrogens is 436 g/mol. The lowest BCUT2D eigenvalue weighted by molar-refractivity contribution is -0.141. The van der Waals surface area contributed by atoms with Gasteiger partial charge in [0, 0.05) is 0 Å². The van der Waals surface area contributed by atoms with Crippen LogP contribution in [0.25, 0.3) is 0 Å². The summed E-state index contributed by atoms with van der Waals surface area (Å²) in [4.78, 5) is 44.7. The molecule has 6 N–H and O–H groups in total. The number of ether oxygens (including phenoxy) is 2. The summed E-state index contributed by atoms with van der Waals surface area (Å²) in [5.41, 5.74) is -1.24. The van der Waals surface area contributed by atoms with Crippen LogP contribution >= 0.6 is 0 Å². The second-order valence-corrected chi connectivity index (χ2v) is 9.70. The van der Waals surface area contributed by atoms with Crippen LogP contribution in [0.3, 0.4) is 0 Å². The van der Waals surface area contributed by atoms with Crippen LogP contribution < -0.4 is 10.6 Å². The van der Waals surface area contributed by atoms with Gasteiger partial charge in [-0.1, -0.05) is 40.5 Å². The maximum atomic E-state index is 11.4. The van der Waals surface area contributed by atoms with E-state index in [4.69, 9.17) is 19.7 Å². The molecule has 196 valence electrons. The quantitative estimate of drug-likeness (QED) is 0.408. The Balaban J connectivity index is -0.000000529. The molecule has 11 nitrogen and oxygen atoms in total. The van der Waals surface area contributed by atoms with Gasteiger partial charge in [-0.15, -0.1) is 0 Å². The second-order valence-electron chi connectivity index (χ2n) is 9.70. The fourth-order valence-corrected chi connectivity index (χ4v) is 2.24. The number of nitrogens with one attached hydrogen (secondary N) is 2. The third kappa shape index (κ3) is 17.6. The van der Waals surface area contributed by atoms with E-state index in [9.17, 15) is 19.2 Å². The van der Waals surface area contributed by atoms with Crippen LogP contribution in [0.5, 0.6) is 0 Å². The Morgan fingerprint density at radius 3 is 1.09 bits per heavy atom. The Labute approximate surface area is 196 Å². The molecule has 0 saturated carbocycles. The molecule has 0 aliphatic heterocycles. The number of hydrogen-bond donors (Lipinski definition) is 4. The van der Waals surface area contributed by atoms with Gasteiger partial charge in [0.1, 0.15) is 23.3 Å². The van der Waals surface area contributed by atoms with Gasteiger partial charge in [0.15, 0.2) is 0 Å². The summed E-state index contributed by atoms with van der Waals surface area (Å²) in [5, 5.41) is 22.6. The molecule has 0 fully saturated rings. The van der Waals surface area contributed by atoms with Gasteiger partial charge >= 0.3 is 24.1 Å². The highest BCUT2D eigenvalue weighted by Crippen LogP contribution is 2.12. The lowest BCUT2D eigenvalue weighted by atomic mass is 10.00. The van der Waals surface area contributed by atoms with Crippen molar-refractivity contribution in [2.45, 2.75) is 105 Å². The molecule has 0 bridgehead atoms. The van der Waals surface area contributed by atoms with E-state index in [0.717, 1.165) is 0 Å². The Morgan fingerprint density at radius 2 is 0.939 bits per heavy atom. The monoisotopic (exact) mass is 480 g/mol. The molecule has 0 aromatic rings. The highest BCUT2D eigenvalue weighted by molar-refractivity contribution is 5.80. The molecule has 0 aromatic carbocycles. The SMILES string of the molecule is CC[C@@H](C)[C@@H](NC(=O)OC(C)(C)C)C(=O)O.CC[C@@H](C)[C@@H](NC(=O)OC(C)(C)C)C(=O)O.O. The molecule has 0 rings (SSSR count). The lowest BCUT2D eigenvalue weighted by Crippen LogP contribution is -2.46. The van der Waals surface area contributed by atoms with Crippen LogP contribution in [0.15, 0.2) is 0 Å². The number of alkyl carbamates (subject to hydrolysis) is 2. The zero-order valence-electron chi connectivity index (χ0n) is 21.6. The molecule has 33 heavy (non-hydrogen) atoms. The summed E-state index contributed by atoms with van der Waals surface area (Å²) < 4.78 is 10.00. The number of rotatable bonds is 8. The van der Waals surface area contributed by atoms with Crippen LogP contribution in [0, 0.1) is 11.8 Å². The molecular formula is C22H44N2O9. The van der Waals surface area contributed by atoms with Gasteiger partial charge in [-0.25, -0.2) is 19.2 Å². The number of carboxylic acid groups (broad SMARTS) is 2. The minimum Gasteiger partial charge on any atom is -0.480 e. The zero-order chi connectivity index (χ0) is 25.9. The summed E-state index contributed by atoms with van der Waals surface area (Å²) in [6.07, 6.45) is -0.0418. The summed E-state index contributed by atoms with van der Waals surface area (Å²) in [6, 6.07) is -1.81. The number of carboxylic acids is 2. The van der Waals surface area contributed by atoms with Gasteiger partial charge in [0.05, 0.1) is 0 Å². The lowest BCUT2D eigenvalue weighted by Gasteiger charge is -2.24. The fourth-order valence-electron chi connectivity index (χ4n) is 2.24. The first kappa shape index (κ1) is 35.0. The Hall–Kier alpha value is -2.56. The average molecular weight is 481 g/mol. The first-order valence-corrected chi connectivity index (χ1v) is 10.8. The standard InChI is InChI=1S/2C11H21NO4.H2O/c2*1-6-7(2)8(9(13)14)12-10(15)16-11(3,4)5;/h2*7-8H,6H2,1-5H3,(H,12,15)(H,13,14);1H2/t2*7-,8-;/m11./s1. The molecule has 4 atom stereocenters. The van der Waals surface area contributed by atoms with Crippen LogP contribution in [0.1, 0.15) is 82.1 Å². The van der Waals surface area contributed by atoms with E-state index in [0.29, 0.717) is 12.8 Å². The predicted molar refractivity (Wildman–Crippen MR) is 124 cm³/mol. The third-order valence-corrected chi connectivity index (χ3v) is 4.30. The van der Waals surface area contributed by atoms with Crippen molar-refractivity contribution in [1.29, 1.82) is 0 Å². The van der Waals surface area contributed by atoms with E-state index >= 15 is 0 Å². The number of aliphatic carboxylic acids is 2. The molecule has 11 heteroatoms. The smallest absolute Gasteiger partial charge is 0.408 e. The van der Waals surface area contributed by atoms with E-state index in [1.54, 1.807) is 55.4 Å². The van der Waals surface area contributed by atoms with Gasteiger partial charge < -0.3 is 35.8 Å². The minimum absolute atomic E-state index is 0. The first-order chi connectivity index (χ1) is 14.3. The van der Waals surface area contributed by atoms with Gasteiger partial charge in [-0.2, -0.15) is 0 Å². The maximum absolute atomic E-state index is 11.4. The van der Waals surface area contributed by atoms with Crippen molar-refractivity contribution in [3.63, 3.8) is 0 Å². The molecule has 0 heterocycles. The molecule has 0 spiro atoms. The van der Waals surface area contributed by atoms with Crippen molar-refractivity contribution in [1.82, 2.24) is 10.6 Å².